The second kappa shape index (κ2) is 7.92. The zero-order chi connectivity index (χ0) is 17.5. The van der Waals surface area contributed by atoms with E-state index in [9.17, 15) is 9.59 Å². The molecule has 1 aromatic heterocycles. The number of benzene rings is 2. The molecule has 3 rings (SSSR count). The molecule has 126 valence electrons. The molecular weight excluding hydrogens is 318 g/mol. The molecule has 0 unspecified atom stereocenters. The van der Waals surface area contributed by atoms with E-state index in [1.165, 1.54) is 17.3 Å². The van der Waals surface area contributed by atoms with Crippen molar-refractivity contribution in [1.29, 1.82) is 0 Å². The molecule has 0 aliphatic heterocycles. The van der Waals surface area contributed by atoms with Crippen LogP contribution in [0.25, 0.3) is 0 Å². The van der Waals surface area contributed by atoms with Crippen LogP contribution in [0.3, 0.4) is 0 Å². The highest BCUT2D eigenvalue weighted by Crippen LogP contribution is 2.15. The van der Waals surface area contributed by atoms with E-state index < -0.39 is 6.09 Å². The van der Waals surface area contributed by atoms with Crippen molar-refractivity contribution in [2.75, 3.05) is 4.90 Å². The van der Waals surface area contributed by atoms with Gasteiger partial charge in [0.1, 0.15) is 12.4 Å². The number of hydrogen-bond donors (Lipinski definition) is 1. The lowest BCUT2D eigenvalue weighted by molar-refractivity contribution is 0.146. The molecule has 0 saturated heterocycles. The SMILES string of the molecule is O=C(OCc1ccccc1)N(Cc1ccccc1)c1cc(=O)[nH]cn1. The number of ether oxygens (including phenoxy) is 1. The van der Waals surface area contributed by atoms with Crippen LogP contribution in [-0.4, -0.2) is 16.1 Å². The summed E-state index contributed by atoms with van der Waals surface area (Å²) in [6.45, 7) is 0.402. The van der Waals surface area contributed by atoms with Crippen LogP contribution in [0.15, 0.2) is 77.9 Å². The number of nitrogens with zero attached hydrogens (tertiary/aromatic N) is 2. The van der Waals surface area contributed by atoms with Gasteiger partial charge in [-0.3, -0.25) is 9.69 Å². The summed E-state index contributed by atoms with van der Waals surface area (Å²) in [7, 11) is 0. The number of nitrogens with one attached hydrogen (secondary N) is 1. The minimum absolute atomic E-state index is 0.147. The van der Waals surface area contributed by atoms with Gasteiger partial charge in [0.15, 0.2) is 0 Å². The van der Waals surface area contributed by atoms with Crippen molar-refractivity contribution in [1.82, 2.24) is 9.97 Å². The molecule has 1 heterocycles. The highest BCUT2D eigenvalue weighted by Gasteiger charge is 2.19. The third-order valence-electron chi connectivity index (χ3n) is 3.55. The summed E-state index contributed by atoms with van der Waals surface area (Å²) in [6.07, 6.45) is 0.700. The lowest BCUT2D eigenvalue weighted by atomic mass is 10.2. The molecule has 3 aromatic rings. The third-order valence-corrected chi connectivity index (χ3v) is 3.55. The first-order chi connectivity index (χ1) is 12.2. The molecule has 0 spiro atoms. The van der Waals surface area contributed by atoms with E-state index in [0.29, 0.717) is 0 Å². The number of aromatic amines is 1. The van der Waals surface area contributed by atoms with E-state index in [1.807, 2.05) is 60.7 Å². The summed E-state index contributed by atoms with van der Waals surface area (Å²) in [4.78, 5) is 32.0. The molecule has 2 aromatic carbocycles. The van der Waals surface area contributed by atoms with Gasteiger partial charge in [-0.15, -0.1) is 0 Å². The molecule has 6 heteroatoms. The highest BCUT2D eigenvalue weighted by atomic mass is 16.6. The Morgan fingerprint density at radius 3 is 2.28 bits per heavy atom. The van der Waals surface area contributed by atoms with Gasteiger partial charge in [-0.25, -0.2) is 9.78 Å². The Hall–Kier alpha value is -3.41. The van der Waals surface area contributed by atoms with Gasteiger partial charge in [0, 0.05) is 6.07 Å². The fourth-order valence-corrected chi connectivity index (χ4v) is 2.31. The molecule has 0 bridgehead atoms. The van der Waals surface area contributed by atoms with Gasteiger partial charge in [-0.1, -0.05) is 60.7 Å². The van der Waals surface area contributed by atoms with Crippen molar-refractivity contribution in [3.63, 3.8) is 0 Å². The first kappa shape index (κ1) is 16.4. The van der Waals surface area contributed by atoms with E-state index in [2.05, 4.69) is 9.97 Å². The Labute approximate surface area is 144 Å². The molecule has 1 N–H and O–H groups in total. The van der Waals surface area contributed by atoms with Crippen molar-refractivity contribution in [2.24, 2.45) is 0 Å². The Bertz CT molecular complexity index is 879. The molecule has 0 fully saturated rings. The number of amides is 1. The van der Waals surface area contributed by atoms with Crippen LogP contribution >= 0.6 is 0 Å². The maximum Gasteiger partial charge on any atom is 0.416 e. The molecule has 6 nitrogen and oxygen atoms in total. The van der Waals surface area contributed by atoms with Crippen LogP contribution in [0.1, 0.15) is 11.1 Å². The van der Waals surface area contributed by atoms with Crippen LogP contribution < -0.4 is 10.5 Å². The number of rotatable bonds is 5. The van der Waals surface area contributed by atoms with Gasteiger partial charge in [-0.05, 0) is 11.1 Å². The van der Waals surface area contributed by atoms with Gasteiger partial charge in [0.05, 0.1) is 12.9 Å². The number of hydrogen-bond acceptors (Lipinski definition) is 4. The van der Waals surface area contributed by atoms with Gasteiger partial charge < -0.3 is 9.72 Å². The number of carbonyl (C=O) groups is 1. The summed E-state index contributed by atoms with van der Waals surface area (Å²) in [5, 5.41) is 0. The maximum absolute atomic E-state index is 12.6. The van der Waals surface area contributed by atoms with E-state index in [0.717, 1.165) is 11.1 Å². The average Bonchev–Trinajstić information content (AvgIpc) is 2.66. The lowest BCUT2D eigenvalue weighted by Crippen LogP contribution is -2.32. The zero-order valence-corrected chi connectivity index (χ0v) is 13.5. The van der Waals surface area contributed by atoms with E-state index >= 15 is 0 Å². The van der Waals surface area contributed by atoms with Gasteiger partial charge >= 0.3 is 6.09 Å². The molecular formula is C19H17N3O3. The van der Waals surface area contributed by atoms with Crippen LogP contribution in [0.2, 0.25) is 0 Å². The summed E-state index contributed by atoms with van der Waals surface area (Å²) in [5.74, 6) is 0.241. The predicted octanol–water partition coefficient (Wildman–Crippen LogP) is 3.11. The van der Waals surface area contributed by atoms with Gasteiger partial charge in [0.25, 0.3) is 5.56 Å². The fourth-order valence-electron chi connectivity index (χ4n) is 2.31. The standard InChI is InChI=1S/C19H17N3O3/c23-18-11-17(20-14-21-18)22(12-15-7-3-1-4-8-15)19(24)25-13-16-9-5-2-6-10-16/h1-11,14H,12-13H2,(H,20,21,23). The van der Waals surface area contributed by atoms with Crippen LogP contribution in [0.5, 0.6) is 0 Å². The first-order valence-corrected chi connectivity index (χ1v) is 7.79. The van der Waals surface area contributed by atoms with Crippen molar-refractivity contribution < 1.29 is 9.53 Å². The maximum atomic E-state index is 12.6. The molecule has 1 amide bonds. The van der Waals surface area contributed by atoms with Gasteiger partial charge in [-0.2, -0.15) is 0 Å². The normalized spacial score (nSPS) is 10.2. The van der Waals surface area contributed by atoms with Crippen LogP contribution in [0, 0.1) is 0 Å². The van der Waals surface area contributed by atoms with E-state index in [-0.39, 0.29) is 24.5 Å². The number of aromatic nitrogens is 2. The number of H-pyrrole nitrogens is 1. The monoisotopic (exact) mass is 335 g/mol. The molecule has 0 radical (unpaired) electrons. The Balaban J connectivity index is 1.80. The smallest absolute Gasteiger partial charge is 0.416 e. The summed E-state index contributed by atoms with van der Waals surface area (Å²) < 4.78 is 5.39. The Kier molecular flexibility index (Phi) is 5.21. The Morgan fingerprint density at radius 1 is 1.00 bits per heavy atom. The summed E-state index contributed by atoms with van der Waals surface area (Å²) in [5.41, 5.74) is 1.45. The van der Waals surface area contributed by atoms with Crippen LogP contribution in [-0.2, 0) is 17.9 Å². The topological polar surface area (TPSA) is 75.3 Å². The quantitative estimate of drug-likeness (QED) is 0.777. The molecule has 0 atom stereocenters. The van der Waals surface area contributed by atoms with Gasteiger partial charge in [0.2, 0.25) is 0 Å². The van der Waals surface area contributed by atoms with Crippen molar-refractivity contribution in [3.8, 4) is 0 Å². The summed E-state index contributed by atoms with van der Waals surface area (Å²) >= 11 is 0. The second-order valence-electron chi connectivity index (χ2n) is 5.38. The highest BCUT2D eigenvalue weighted by molar-refractivity contribution is 5.86. The van der Waals surface area contributed by atoms with E-state index in [1.54, 1.807) is 0 Å². The lowest BCUT2D eigenvalue weighted by Gasteiger charge is -2.21. The first-order valence-electron chi connectivity index (χ1n) is 7.79. The summed E-state index contributed by atoms with van der Waals surface area (Å²) in [6, 6.07) is 20.1. The Morgan fingerprint density at radius 2 is 1.64 bits per heavy atom. The van der Waals surface area contributed by atoms with E-state index in [4.69, 9.17) is 4.74 Å². The van der Waals surface area contributed by atoms with Crippen molar-refractivity contribution in [3.05, 3.63) is 94.5 Å². The minimum atomic E-state index is -0.564. The third kappa shape index (κ3) is 4.54. The molecule has 0 saturated carbocycles. The number of carbonyl (C=O) groups excluding carboxylic acids is 1. The van der Waals surface area contributed by atoms with Crippen molar-refractivity contribution >= 4 is 11.9 Å². The second-order valence-corrected chi connectivity index (χ2v) is 5.38. The average molecular weight is 335 g/mol. The molecule has 0 aliphatic carbocycles. The largest absolute Gasteiger partial charge is 0.444 e. The number of anilines is 1. The molecule has 0 aliphatic rings. The van der Waals surface area contributed by atoms with Crippen LogP contribution in [0.4, 0.5) is 10.6 Å². The van der Waals surface area contributed by atoms with Crippen molar-refractivity contribution in [2.45, 2.75) is 13.2 Å². The fraction of sp³-hybridized carbons (Fsp3) is 0.105. The minimum Gasteiger partial charge on any atom is -0.444 e. The predicted molar refractivity (Wildman–Crippen MR) is 94.1 cm³/mol. The zero-order valence-electron chi connectivity index (χ0n) is 13.5. The molecule has 25 heavy (non-hydrogen) atoms.